The molecule has 0 N–H and O–H groups in total. The molecule has 2 rings (SSSR count). The number of likely N-dealkylation sites (tertiary alicyclic amines) is 2. The summed E-state index contributed by atoms with van der Waals surface area (Å²) in [5.74, 6) is -1.29. The topological polar surface area (TPSA) is 84.0 Å². The second-order valence-corrected chi connectivity index (χ2v) is 10.4. The summed E-state index contributed by atoms with van der Waals surface area (Å²) in [6, 6.07) is -0.124. The zero-order valence-corrected chi connectivity index (χ0v) is 16.9. The number of amides is 2. The van der Waals surface area contributed by atoms with Crippen LogP contribution in [0.3, 0.4) is 0 Å². The minimum Gasteiger partial charge on any atom is -0.444 e. The van der Waals surface area contributed by atoms with Crippen molar-refractivity contribution in [3.05, 3.63) is 0 Å². The summed E-state index contributed by atoms with van der Waals surface area (Å²) < 4.78 is 40.1. The predicted octanol–water partition coefficient (Wildman–Crippen LogP) is 2.17. The van der Waals surface area contributed by atoms with Crippen LogP contribution >= 0.6 is 0 Å². The Balaban J connectivity index is 2.04. The summed E-state index contributed by atoms with van der Waals surface area (Å²) in [4.78, 5) is 28.0. The first-order valence-electron chi connectivity index (χ1n) is 8.88. The predicted molar refractivity (Wildman–Crippen MR) is 94.7 cm³/mol. The lowest BCUT2D eigenvalue weighted by molar-refractivity contribution is -0.133. The average molecular weight is 392 g/mol. The van der Waals surface area contributed by atoms with Gasteiger partial charge in [0.2, 0.25) is 5.91 Å². The summed E-state index contributed by atoms with van der Waals surface area (Å²) in [5.41, 5.74) is -0.956. The van der Waals surface area contributed by atoms with Gasteiger partial charge in [-0.15, -0.1) is 3.89 Å². The molecule has 2 heterocycles. The van der Waals surface area contributed by atoms with Crippen molar-refractivity contribution < 1.29 is 26.6 Å². The molecule has 2 fully saturated rings. The van der Waals surface area contributed by atoms with Gasteiger partial charge in [-0.05, 0) is 27.2 Å². The molecule has 2 saturated heterocycles. The third-order valence-electron chi connectivity index (χ3n) is 4.87. The standard InChI is InChI=1S/C17H29FN2O5S/c1-16(2,3)25-15(22)19-7-6-13(17(4,5)11-19)20-9-12(8-14(20)21)10-26(18,23)24/h12-13H,6-11H2,1-5H3. The Morgan fingerprint density at radius 2 is 1.96 bits per heavy atom. The number of halogens is 1. The van der Waals surface area contributed by atoms with Gasteiger partial charge in [-0.1, -0.05) is 13.8 Å². The van der Waals surface area contributed by atoms with E-state index in [1.54, 1.807) is 9.80 Å². The van der Waals surface area contributed by atoms with E-state index in [1.807, 2.05) is 34.6 Å². The zero-order chi connectivity index (χ0) is 19.9. The first kappa shape index (κ1) is 20.9. The van der Waals surface area contributed by atoms with Crippen molar-refractivity contribution in [3.8, 4) is 0 Å². The van der Waals surface area contributed by atoms with Crippen molar-refractivity contribution in [1.82, 2.24) is 9.80 Å². The van der Waals surface area contributed by atoms with E-state index in [9.17, 15) is 21.9 Å². The van der Waals surface area contributed by atoms with Gasteiger partial charge in [-0.25, -0.2) is 4.79 Å². The van der Waals surface area contributed by atoms with E-state index in [0.29, 0.717) is 19.5 Å². The minimum absolute atomic E-state index is 0.0471. The lowest BCUT2D eigenvalue weighted by atomic mass is 9.78. The molecule has 0 radical (unpaired) electrons. The number of carbonyl (C=O) groups is 2. The van der Waals surface area contributed by atoms with E-state index in [0.717, 1.165) is 0 Å². The minimum atomic E-state index is -4.60. The molecule has 0 aromatic rings. The maximum atomic E-state index is 12.9. The average Bonchev–Trinajstić information content (AvgIpc) is 2.73. The second kappa shape index (κ2) is 6.98. The molecule has 26 heavy (non-hydrogen) atoms. The summed E-state index contributed by atoms with van der Waals surface area (Å²) in [6.45, 7) is 10.5. The summed E-state index contributed by atoms with van der Waals surface area (Å²) in [6.07, 6.45) is 0.247. The first-order valence-corrected chi connectivity index (χ1v) is 10.4. The highest BCUT2D eigenvalue weighted by Crippen LogP contribution is 2.37. The lowest BCUT2D eigenvalue weighted by Gasteiger charge is -2.47. The smallest absolute Gasteiger partial charge is 0.410 e. The molecule has 2 unspecified atom stereocenters. The third-order valence-corrected chi connectivity index (χ3v) is 5.74. The van der Waals surface area contributed by atoms with Gasteiger partial charge >= 0.3 is 16.3 Å². The Kier molecular flexibility index (Phi) is 5.62. The van der Waals surface area contributed by atoms with E-state index in [-0.39, 0.29) is 36.4 Å². The van der Waals surface area contributed by atoms with Crippen LogP contribution in [0.5, 0.6) is 0 Å². The van der Waals surface area contributed by atoms with Crippen molar-refractivity contribution in [2.24, 2.45) is 11.3 Å². The van der Waals surface area contributed by atoms with Crippen LogP contribution in [0.15, 0.2) is 0 Å². The fourth-order valence-electron chi connectivity index (χ4n) is 3.91. The second-order valence-electron chi connectivity index (χ2n) is 9.02. The zero-order valence-electron chi connectivity index (χ0n) is 16.1. The van der Waals surface area contributed by atoms with E-state index >= 15 is 0 Å². The molecule has 0 saturated carbocycles. The normalized spacial score (nSPS) is 26.9. The lowest BCUT2D eigenvalue weighted by Crippen LogP contribution is -2.57. The SMILES string of the molecule is CC(C)(C)OC(=O)N1CCC(N2CC(CS(=O)(=O)F)CC2=O)C(C)(C)C1. The molecule has 2 atom stereocenters. The van der Waals surface area contributed by atoms with E-state index < -0.39 is 27.5 Å². The molecule has 9 heteroatoms. The number of hydrogen-bond donors (Lipinski definition) is 0. The Morgan fingerprint density at radius 1 is 1.35 bits per heavy atom. The third kappa shape index (κ3) is 5.31. The van der Waals surface area contributed by atoms with Gasteiger partial charge in [0.05, 0.1) is 5.75 Å². The highest BCUT2D eigenvalue weighted by Gasteiger charge is 2.46. The number of piperidine rings is 1. The van der Waals surface area contributed by atoms with Crippen LogP contribution in [0.25, 0.3) is 0 Å². The van der Waals surface area contributed by atoms with Gasteiger partial charge in [0, 0.05) is 43.4 Å². The van der Waals surface area contributed by atoms with Crippen LogP contribution in [0.2, 0.25) is 0 Å². The van der Waals surface area contributed by atoms with Gasteiger partial charge in [0.1, 0.15) is 5.60 Å². The largest absolute Gasteiger partial charge is 0.444 e. The van der Waals surface area contributed by atoms with E-state index in [4.69, 9.17) is 4.74 Å². The van der Waals surface area contributed by atoms with E-state index in [2.05, 4.69) is 0 Å². The van der Waals surface area contributed by atoms with Crippen LogP contribution in [0.1, 0.15) is 47.5 Å². The van der Waals surface area contributed by atoms with Crippen LogP contribution in [0, 0.1) is 11.3 Å². The van der Waals surface area contributed by atoms with Gasteiger partial charge in [0.25, 0.3) is 0 Å². The van der Waals surface area contributed by atoms with Gasteiger partial charge < -0.3 is 14.5 Å². The molecular weight excluding hydrogens is 363 g/mol. The number of nitrogens with zero attached hydrogens (tertiary/aromatic N) is 2. The Bertz CT molecular complexity index is 671. The molecule has 150 valence electrons. The quantitative estimate of drug-likeness (QED) is 0.688. The summed E-state index contributed by atoms with van der Waals surface area (Å²) >= 11 is 0. The van der Waals surface area contributed by atoms with Crippen LogP contribution in [-0.4, -0.2) is 67.2 Å². The Labute approximate surface area is 155 Å². The molecular formula is C17H29FN2O5S. The monoisotopic (exact) mass is 392 g/mol. The molecule has 0 aromatic carbocycles. The Hall–Kier alpha value is -1.38. The molecule has 2 aliphatic heterocycles. The highest BCUT2D eigenvalue weighted by atomic mass is 32.3. The van der Waals surface area contributed by atoms with Crippen molar-refractivity contribution >= 4 is 22.2 Å². The summed E-state index contributed by atoms with van der Waals surface area (Å²) in [5, 5.41) is 0. The number of rotatable bonds is 3. The fourth-order valence-corrected chi connectivity index (χ4v) is 4.69. The van der Waals surface area contributed by atoms with Crippen LogP contribution in [-0.2, 0) is 19.8 Å². The van der Waals surface area contributed by atoms with E-state index in [1.165, 1.54) is 0 Å². The first-order chi connectivity index (χ1) is 11.7. The van der Waals surface area contributed by atoms with Crippen LogP contribution < -0.4 is 0 Å². The van der Waals surface area contributed by atoms with Crippen LogP contribution in [0.4, 0.5) is 8.68 Å². The number of hydrogen-bond acceptors (Lipinski definition) is 5. The maximum Gasteiger partial charge on any atom is 0.410 e. The number of ether oxygens (including phenoxy) is 1. The number of carbonyl (C=O) groups excluding carboxylic acids is 2. The van der Waals surface area contributed by atoms with Gasteiger partial charge in [-0.2, -0.15) is 8.42 Å². The molecule has 0 bridgehead atoms. The molecule has 0 aliphatic carbocycles. The molecule has 0 aromatic heterocycles. The van der Waals surface area contributed by atoms with Crippen molar-refractivity contribution in [2.45, 2.75) is 59.1 Å². The molecule has 2 aliphatic rings. The van der Waals surface area contributed by atoms with Crippen molar-refractivity contribution in [3.63, 3.8) is 0 Å². The fraction of sp³-hybridized carbons (Fsp3) is 0.882. The summed E-state index contributed by atoms with van der Waals surface area (Å²) in [7, 11) is -4.60. The molecule has 7 nitrogen and oxygen atoms in total. The van der Waals surface area contributed by atoms with Gasteiger partial charge in [-0.3, -0.25) is 4.79 Å². The van der Waals surface area contributed by atoms with Gasteiger partial charge in [0.15, 0.2) is 0 Å². The molecule has 2 amide bonds. The molecule has 0 spiro atoms. The highest BCUT2D eigenvalue weighted by molar-refractivity contribution is 7.86. The van der Waals surface area contributed by atoms with Crippen molar-refractivity contribution in [1.29, 1.82) is 0 Å². The van der Waals surface area contributed by atoms with Crippen molar-refractivity contribution in [2.75, 3.05) is 25.4 Å². The maximum absolute atomic E-state index is 12.9. The Morgan fingerprint density at radius 3 is 2.46 bits per heavy atom.